The third kappa shape index (κ3) is 8.29. The van der Waals surface area contributed by atoms with Gasteiger partial charge in [-0.15, -0.1) is 0 Å². The molecule has 0 radical (unpaired) electrons. The molecule has 9 nitrogen and oxygen atoms in total. The zero-order valence-corrected chi connectivity index (χ0v) is 18.9. The highest BCUT2D eigenvalue weighted by molar-refractivity contribution is 5.96. The smallest absolute Gasteiger partial charge is 0.319 e. The van der Waals surface area contributed by atoms with Gasteiger partial charge in [-0.1, -0.05) is 31.2 Å². The predicted molar refractivity (Wildman–Crippen MR) is 127 cm³/mol. The first kappa shape index (κ1) is 25.4. The zero-order chi connectivity index (χ0) is 24.2. The number of amidine groups is 1. The predicted octanol–water partition coefficient (Wildman–Crippen LogP) is 2.51. The quantitative estimate of drug-likeness (QED) is 0.202. The number of benzene rings is 2. The van der Waals surface area contributed by atoms with Crippen LogP contribution in [0.15, 0.2) is 48.5 Å². The van der Waals surface area contributed by atoms with Crippen molar-refractivity contribution in [1.82, 2.24) is 10.6 Å². The summed E-state index contributed by atoms with van der Waals surface area (Å²) in [4.78, 5) is 36.8. The summed E-state index contributed by atoms with van der Waals surface area (Å²) in [6.07, 6.45) is 0.949. The van der Waals surface area contributed by atoms with Crippen molar-refractivity contribution < 1.29 is 19.1 Å². The Hall–Kier alpha value is -3.88. The first-order valence-electron chi connectivity index (χ1n) is 10.9. The molecule has 33 heavy (non-hydrogen) atoms. The van der Waals surface area contributed by atoms with Crippen LogP contribution >= 0.6 is 0 Å². The number of carbonyl (C=O) groups is 3. The molecule has 0 fully saturated rings. The summed E-state index contributed by atoms with van der Waals surface area (Å²) in [5.74, 6) is -1.37. The molecular formula is C24H31N5O4. The molecule has 9 heteroatoms. The lowest BCUT2D eigenvalue weighted by Crippen LogP contribution is -2.39. The standard InChI is InChI=1S/C24H31N5O4/c1-3-16-5-7-17(8-6-16)20(23(31)27-14-13-21(30)33-4-2)15-28-24(32)29-19-11-9-18(10-12-19)22(25)26/h5-12,20H,3-4,13-15H2,1-2H3,(H3,25,26)(H,27,31)(H2,28,29,32). The van der Waals surface area contributed by atoms with E-state index in [-0.39, 0.29) is 43.8 Å². The van der Waals surface area contributed by atoms with E-state index in [1.165, 1.54) is 0 Å². The van der Waals surface area contributed by atoms with Gasteiger partial charge in [-0.3, -0.25) is 15.0 Å². The number of hydrogen-bond acceptors (Lipinski definition) is 5. The lowest BCUT2D eigenvalue weighted by molar-refractivity contribution is -0.143. The highest BCUT2D eigenvalue weighted by Crippen LogP contribution is 2.17. The third-order valence-corrected chi connectivity index (χ3v) is 4.96. The van der Waals surface area contributed by atoms with Crippen LogP contribution in [0.1, 0.15) is 42.9 Å². The average molecular weight is 454 g/mol. The molecule has 176 valence electrons. The minimum atomic E-state index is -0.635. The minimum Gasteiger partial charge on any atom is -0.466 e. The van der Waals surface area contributed by atoms with Crippen molar-refractivity contribution in [3.05, 3.63) is 65.2 Å². The van der Waals surface area contributed by atoms with Gasteiger partial charge in [0.05, 0.1) is 18.9 Å². The third-order valence-electron chi connectivity index (χ3n) is 4.96. The molecule has 2 aromatic carbocycles. The van der Waals surface area contributed by atoms with E-state index in [2.05, 4.69) is 16.0 Å². The van der Waals surface area contributed by atoms with E-state index in [0.29, 0.717) is 11.3 Å². The maximum Gasteiger partial charge on any atom is 0.319 e. The van der Waals surface area contributed by atoms with Gasteiger partial charge in [-0.05, 0) is 48.7 Å². The molecule has 1 unspecified atom stereocenters. The Morgan fingerprint density at radius 3 is 2.24 bits per heavy atom. The number of ether oxygens (including phenoxy) is 1. The largest absolute Gasteiger partial charge is 0.466 e. The van der Waals surface area contributed by atoms with E-state index in [0.717, 1.165) is 17.5 Å². The van der Waals surface area contributed by atoms with Crippen LogP contribution in [0.5, 0.6) is 0 Å². The summed E-state index contributed by atoms with van der Waals surface area (Å²) in [5, 5.41) is 15.6. The molecule has 0 aliphatic heterocycles. The maximum absolute atomic E-state index is 12.8. The molecule has 0 aliphatic carbocycles. The number of esters is 1. The Morgan fingerprint density at radius 1 is 1.00 bits per heavy atom. The number of urea groups is 1. The normalized spacial score (nSPS) is 11.2. The van der Waals surface area contributed by atoms with E-state index in [9.17, 15) is 14.4 Å². The molecule has 2 rings (SSSR count). The van der Waals surface area contributed by atoms with Gasteiger partial charge in [0.15, 0.2) is 0 Å². The van der Waals surface area contributed by atoms with Crippen molar-refractivity contribution in [2.75, 3.05) is 25.0 Å². The van der Waals surface area contributed by atoms with Gasteiger partial charge < -0.3 is 26.4 Å². The van der Waals surface area contributed by atoms with Crippen molar-refractivity contribution in [1.29, 1.82) is 5.41 Å². The lowest BCUT2D eigenvalue weighted by atomic mass is 9.96. The first-order valence-corrected chi connectivity index (χ1v) is 10.9. The molecule has 0 saturated carbocycles. The molecule has 0 spiro atoms. The van der Waals surface area contributed by atoms with Crippen LogP contribution in [0.2, 0.25) is 0 Å². The number of amides is 3. The fraction of sp³-hybridized carbons (Fsp3) is 0.333. The molecule has 1 atom stereocenters. The van der Waals surface area contributed by atoms with Gasteiger partial charge in [0.2, 0.25) is 5.91 Å². The van der Waals surface area contributed by atoms with E-state index in [1.54, 1.807) is 31.2 Å². The van der Waals surface area contributed by atoms with Crippen molar-refractivity contribution in [3.8, 4) is 0 Å². The number of nitrogen functional groups attached to an aromatic ring is 1. The molecule has 0 heterocycles. The van der Waals surface area contributed by atoms with Gasteiger partial charge >= 0.3 is 12.0 Å². The van der Waals surface area contributed by atoms with Crippen molar-refractivity contribution in [3.63, 3.8) is 0 Å². The van der Waals surface area contributed by atoms with Crippen LogP contribution in [0.25, 0.3) is 0 Å². The number of carbonyl (C=O) groups excluding carboxylic acids is 3. The summed E-state index contributed by atoms with van der Waals surface area (Å²) >= 11 is 0. The zero-order valence-electron chi connectivity index (χ0n) is 18.9. The molecule has 0 bridgehead atoms. The van der Waals surface area contributed by atoms with Crippen molar-refractivity contribution in [2.45, 2.75) is 32.6 Å². The second-order valence-electron chi connectivity index (χ2n) is 7.32. The summed E-state index contributed by atoms with van der Waals surface area (Å²) < 4.78 is 4.88. The monoisotopic (exact) mass is 453 g/mol. The lowest BCUT2D eigenvalue weighted by Gasteiger charge is -2.19. The van der Waals surface area contributed by atoms with Crippen LogP contribution in [0, 0.1) is 5.41 Å². The average Bonchev–Trinajstić information content (AvgIpc) is 2.80. The molecular weight excluding hydrogens is 422 g/mol. The summed E-state index contributed by atoms with van der Waals surface area (Å²) in [5.41, 5.74) is 8.41. The molecule has 0 saturated heterocycles. The Morgan fingerprint density at radius 2 is 1.67 bits per heavy atom. The van der Waals surface area contributed by atoms with E-state index >= 15 is 0 Å². The van der Waals surface area contributed by atoms with Gasteiger partial charge in [0, 0.05) is 24.3 Å². The Kier molecular flexibility index (Phi) is 9.88. The number of anilines is 1. The first-order chi connectivity index (χ1) is 15.8. The van der Waals surface area contributed by atoms with Gasteiger partial charge in [-0.25, -0.2) is 4.79 Å². The molecule has 6 N–H and O–H groups in total. The van der Waals surface area contributed by atoms with Gasteiger partial charge in [0.25, 0.3) is 0 Å². The van der Waals surface area contributed by atoms with Crippen molar-refractivity contribution in [2.24, 2.45) is 5.73 Å². The van der Waals surface area contributed by atoms with Crippen LogP contribution in [0.4, 0.5) is 10.5 Å². The van der Waals surface area contributed by atoms with Crippen LogP contribution in [0.3, 0.4) is 0 Å². The molecule has 2 aromatic rings. The SMILES string of the molecule is CCOC(=O)CCNC(=O)C(CNC(=O)Nc1ccc(C(=N)N)cc1)c1ccc(CC)cc1. The number of nitrogens with two attached hydrogens (primary N) is 1. The maximum atomic E-state index is 12.8. The number of hydrogen-bond donors (Lipinski definition) is 5. The molecule has 0 aromatic heterocycles. The second-order valence-corrected chi connectivity index (χ2v) is 7.32. The number of nitrogens with one attached hydrogen (secondary N) is 4. The van der Waals surface area contributed by atoms with Crippen LogP contribution in [-0.2, 0) is 20.7 Å². The van der Waals surface area contributed by atoms with E-state index in [1.807, 2.05) is 31.2 Å². The van der Waals surface area contributed by atoms with Crippen LogP contribution < -0.4 is 21.7 Å². The Balaban J connectivity index is 2.01. The fourth-order valence-corrected chi connectivity index (χ4v) is 3.09. The fourth-order valence-electron chi connectivity index (χ4n) is 3.09. The highest BCUT2D eigenvalue weighted by Gasteiger charge is 2.21. The Labute approximate surface area is 193 Å². The minimum absolute atomic E-state index is 0.0584. The van der Waals surface area contributed by atoms with Gasteiger partial charge in [-0.2, -0.15) is 0 Å². The summed E-state index contributed by atoms with van der Waals surface area (Å²) in [6, 6.07) is 13.7. The number of aryl methyl sites for hydroxylation is 1. The van der Waals surface area contributed by atoms with Crippen LogP contribution in [-0.4, -0.2) is 43.4 Å². The highest BCUT2D eigenvalue weighted by atomic mass is 16.5. The second kappa shape index (κ2) is 12.8. The van der Waals surface area contributed by atoms with E-state index < -0.39 is 11.9 Å². The van der Waals surface area contributed by atoms with Gasteiger partial charge in [0.1, 0.15) is 5.84 Å². The summed E-state index contributed by atoms with van der Waals surface area (Å²) in [6.45, 7) is 4.27. The Bertz CT molecular complexity index is 958. The van der Waals surface area contributed by atoms with E-state index in [4.69, 9.17) is 15.9 Å². The van der Waals surface area contributed by atoms with Crippen molar-refractivity contribution >= 4 is 29.4 Å². The summed E-state index contributed by atoms with van der Waals surface area (Å²) in [7, 11) is 0. The molecule has 3 amide bonds. The molecule has 0 aliphatic rings. The number of rotatable bonds is 11. The topological polar surface area (TPSA) is 146 Å².